The molecule has 4 nitrogen and oxygen atoms in total. The average molecular weight is 419 g/mol. The Balaban J connectivity index is 1.46. The topological polar surface area (TPSA) is 38.1 Å². The molecule has 8 heteroatoms. The summed E-state index contributed by atoms with van der Waals surface area (Å²) >= 11 is 1.63. The van der Waals surface area contributed by atoms with Gasteiger partial charge in [-0.2, -0.15) is 13.2 Å². The van der Waals surface area contributed by atoms with Crippen molar-refractivity contribution < 1.29 is 18.0 Å². The number of fused-ring (bicyclic) bond motifs is 1. The summed E-state index contributed by atoms with van der Waals surface area (Å²) in [5.74, 6) is 0.0152. The van der Waals surface area contributed by atoms with E-state index in [1.54, 1.807) is 18.1 Å². The Morgan fingerprint density at radius 1 is 1.10 bits per heavy atom. The summed E-state index contributed by atoms with van der Waals surface area (Å²) in [6.07, 6.45) is 0.694. The number of amides is 1. The third-order valence-corrected chi connectivity index (χ3v) is 6.13. The second-order valence-electron chi connectivity index (χ2n) is 7.10. The number of carbonyl (C=O) groups excluding carboxylic acids is 1. The summed E-state index contributed by atoms with van der Waals surface area (Å²) in [4.78, 5) is 19.8. The Kier molecular flexibility index (Phi) is 5.29. The van der Waals surface area contributed by atoms with Crippen molar-refractivity contribution in [3.8, 4) is 0 Å². The highest BCUT2D eigenvalue weighted by Gasteiger charge is 2.31. The van der Waals surface area contributed by atoms with Gasteiger partial charge in [0.15, 0.2) is 0 Å². The van der Waals surface area contributed by atoms with Crippen molar-refractivity contribution in [2.24, 2.45) is 0 Å². The minimum atomic E-state index is -4.38. The van der Waals surface area contributed by atoms with Crippen molar-refractivity contribution >= 4 is 28.7 Å². The number of nitrogens with zero attached hydrogens (tertiary/aromatic N) is 3. The monoisotopic (exact) mass is 419 g/mol. The molecule has 0 N–H and O–H groups in total. The highest BCUT2D eigenvalue weighted by molar-refractivity contribution is 7.98. The average Bonchev–Trinajstić information content (AvgIpc) is 3.16. The fourth-order valence-electron chi connectivity index (χ4n) is 3.76. The number of hydrogen-bond donors (Lipinski definition) is 0. The third kappa shape index (κ3) is 3.99. The van der Waals surface area contributed by atoms with Crippen LogP contribution in [0.2, 0.25) is 0 Å². The highest BCUT2D eigenvalue weighted by Crippen LogP contribution is 2.33. The van der Waals surface area contributed by atoms with E-state index in [2.05, 4.69) is 4.98 Å². The zero-order valence-electron chi connectivity index (χ0n) is 15.8. The molecule has 4 rings (SSSR count). The maximum atomic E-state index is 12.9. The van der Waals surface area contributed by atoms with E-state index in [0.29, 0.717) is 29.7 Å². The lowest BCUT2D eigenvalue weighted by Crippen LogP contribution is -2.39. The van der Waals surface area contributed by atoms with Crippen LogP contribution >= 0.6 is 11.8 Å². The molecular formula is C21H20F3N3OS. The van der Waals surface area contributed by atoms with Crippen molar-refractivity contribution in [2.45, 2.75) is 30.0 Å². The van der Waals surface area contributed by atoms with Gasteiger partial charge in [-0.05, 0) is 61.6 Å². The Hall–Kier alpha value is -2.48. The molecule has 3 aromatic rings. The Morgan fingerprint density at radius 3 is 2.41 bits per heavy atom. The van der Waals surface area contributed by atoms with Crippen LogP contribution in [0.3, 0.4) is 0 Å². The first-order chi connectivity index (χ1) is 13.9. The smallest absolute Gasteiger partial charge is 0.338 e. The van der Waals surface area contributed by atoms with Crippen LogP contribution in [0.25, 0.3) is 11.0 Å². The van der Waals surface area contributed by atoms with Crippen LogP contribution in [0.1, 0.15) is 34.8 Å². The predicted octanol–water partition coefficient (Wildman–Crippen LogP) is 5.25. The van der Waals surface area contributed by atoms with Gasteiger partial charge in [-0.1, -0.05) is 0 Å². The van der Waals surface area contributed by atoms with Gasteiger partial charge in [-0.15, -0.1) is 11.8 Å². The summed E-state index contributed by atoms with van der Waals surface area (Å²) in [5.41, 5.74) is 1.01. The standard InChI is InChI=1S/C21H20F3N3OS/c1-29-17-5-2-14(3-6-17)20(28)26-10-8-16(9-11-26)27-13-25-18-12-15(21(22,23)24)4-7-19(18)27/h2-7,12-13,16H,8-11H2,1H3. The predicted molar refractivity (Wildman–Crippen MR) is 107 cm³/mol. The van der Waals surface area contributed by atoms with Crippen LogP contribution in [-0.2, 0) is 6.18 Å². The minimum absolute atomic E-state index is 0.0152. The zero-order chi connectivity index (χ0) is 20.6. The van der Waals surface area contributed by atoms with Crippen molar-refractivity contribution in [1.29, 1.82) is 0 Å². The summed E-state index contributed by atoms with van der Waals surface area (Å²) in [6.45, 7) is 1.21. The lowest BCUT2D eigenvalue weighted by molar-refractivity contribution is -0.137. The molecule has 1 saturated heterocycles. The van der Waals surface area contributed by atoms with Gasteiger partial charge in [-0.25, -0.2) is 4.98 Å². The van der Waals surface area contributed by atoms with Gasteiger partial charge in [0, 0.05) is 29.6 Å². The molecule has 0 bridgehead atoms. The third-order valence-electron chi connectivity index (χ3n) is 5.38. The van der Waals surface area contributed by atoms with Gasteiger partial charge < -0.3 is 9.47 Å². The lowest BCUT2D eigenvalue weighted by atomic mass is 10.0. The number of likely N-dealkylation sites (tertiary alicyclic amines) is 1. The van der Waals surface area contributed by atoms with E-state index in [9.17, 15) is 18.0 Å². The van der Waals surface area contributed by atoms with Crippen LogP contribution in [0.4, 0.5) is 13.2 Å². The molecule has 0 spiro atoms. The molecule has 0 saturated carbocycles. The molecule has 2 heterocycles. The zero-order valence-corrected chi connectivity index (χ0v) is 16.6. The fraction of sp³-hybridized carbons (Fsp3) is 0.333. The molecule has 1 aliphatic heterocycles. The fourth-order valence-corrected chi connectivity index (χ4v) is 4.17. The van der Waals surface area contributed by atoms with Crippen LogP contribution in [0, 0.1) is 0 Å². The molecular weight excluding hydrogens is 399 g/mol. The van der Waals surface area contributed by atoms with Crippen LogP contribution in [0.15, 0.2) is 53.7 Å². The van der Waals surface area contributed by atoms with Gasteiger partial charge >= 0.3 is 6.18 Å². The Labute approximate surface area is 170 Å². The van der Waals surface area contributed by atoms with E-state index in [1.807, 2.05) is 40.0 Å². The molecule has 0 unspecified atom stereocenters. The normalized spacial score (nSPS) is 15.8. The van der Waals surface area contributed by atoms with E-state index in [-0.39, 0.29) is 11.9 Å². The van der Waals surface area contributed by atoms with Crippen molar-refractivity contribution in [1.82, 2.24) is 14.5 Å². The molecule has 2 aromatic carbocycles. The Morgan fingerprint density at radius 2 is 1.79 bits per heavy atom. The number of rotatable bonds is 3. The van der Waals surface area contributed by atoms with E-state index in [1.165, 1.54) is 6.07 Å². The first-order valence-electron chi connectivity index (χ1n) is 9.34. The number of aromatic nitrogens is 2. The summed E-state index contributed by atoms with van der Waals surface area (Å²) < 4.78 is 40.7. The van der Waals surface area contributed by atoms with Gasteiger partial charge in [0.2, 0.25) is 0 Å². The summed E-state index contributed by atoms with van der Waals surface area (Å²) in [6, 6.07) is 11.4. The maximum Gasteiger partial charge on any atom is 0.416 e. The number of halogens is 3. The summed E-state index contributed by atoms with van der Waals surface area (Å²) in [5, 5.41) is 0. The number of piperidine rings is 1. The minimum Gasteiger partial charge on any atom is -0.338 e. The Bertz CT molecular complexity index is 1020. The second kappa shape index (κ2) is 7.74. The van der Waals surface area contributed by atoms with E-state index in [0.717, 1.165) is 29.9 Å². The van der Waals surface area contributed by atoms with Crippen molar-refractivity contribution in [3.05, 3.63) is 59.9 Å². The van der Waals surface area contributed by atoms with Crippen LogP contribution in [-0.4, -0.2) is 39.7 Å². The summed E-state index contributed by atoms with van der Waals surface area (Å²) in [7, 11) is 0. The van der Waals surface area contributed by atoms with Gasteiger partial charge in [-0.3, -0.25) is 4.79 Å². The van der Waals surface area contributed by atoms with Crippen molar-refractivity contribution in [2.75, 3.05) is 19.3 Å². The molecule has 0 atom stereocenters. The number of carbonyl (C=O) groups is 1. The number of imidazole rings is 1. The lowest BCUT2D eigenvalue weighted by Gasteiger charge is -2.33. The maximum absolute atomic E-state index is 12.9. The van der Waals surface area contributed by atoms with Gasteiger partial charge in [0.25, 0.3) is 5.91 Å². The largest absolute Gasteiger partial charge is 0.416 e. The van der Waals surface area contributed by atoms with Crippen molar-refractivity contribution in [3.63, 3.8) is 0 Å². The molecule has 0 radical (unpaired) electrons. The number of thioether (sulfide) groups is 1. The van der Waals surface area contributed by atoms with Crippen LogP contribution < -0.4 is 0 Å². The number of hydrogen-bond acceptors (Lipinski definition) is 3. The molecule has 1 fully saturated rings. The molecule has 1 amide bonds. The first-order valence-corrected chi connectivity index (χ1v) is 10.6. The van der Waals surface area contributed by atoms with E-state index in [4.69, 9.17) is 0 Å². The molecule has 152 valence electrons. The molecule has 1 aromatic heterocycles. The molecule has 29 heavy (non-hydrogen) atoms. The number of alkyl halides is 3. The van der Waals surface area contributed by atoms with Gasteiger partial charge in [0.1, 0.15) is 0 Å². The SMILES string of the molecule is CSc1ccc(C(=O)N2CCC(n3cnc4cc(C(F)(F)F)ccc43)CC2)cc1. The first kappa shape index (κ1) is 19.8. The highest BCUT2D eigenvalue weighted by atomic mass is 32.2. The van der Waals surface area contributed by atoms with Crippen LogP contribution in [0.5, 0.6) is 0 Å². The number of benzene rings is 2. The quantitative estimate of drug-likeness (QED) is 0.544. The van der Waals surface area contributed by atoms with E-state index < -0.39 is 11.7 Å². The second-order valence-corrected chi connectivity index (χ2v) is 7.98. The van der Waals surface area contributed by atoms with E-state index >= 15 is 0 Å². The van der Waals surface area contributed by atoms with Gasteiger partial charge in [0.05, 0.1) is 22.9 Å². The molecule has 0 aliphatic carbocycles. The molecule has 1 aliphatic rings.